The number of nitrogens with one attached hydrogen (secondary N) is 1. The Labute approximate surface area is 203 Å². The van der Waals surface area contributed by atoms with Gasteiger partial charge in [-0.25, -0.2) is 0 Å². The molecule has 0 fully saturated rings. The first-order chi connectivity index (χ1) is 17.0. The van der Waals surface area contributed by atoms with Gasteiger partial charge in [0.1, 0.15) is 6.04 Å². The van der Waals surface area contributed by atoms with Crippen LogP contribution in [-0.2, 0) is 6.42 Å². The van der Waals surface area contributed by atoms with Crippen LogP contribution in [-0.4, -0.2) is 90.6 Å². The van der Waals surface area contributed by atoms with E-state index >= 15 is 0 Å². The first-order valence-corrected chi connectivity index (χ1v) is 11.5. The van der Waals surface area contributed by atoms with Crippen molar-refractivity contribution in [2.24, 2.45) is 0 Å². The van der Waals surface area contributed by atoms with Gasteiger partial charge >= 0.3 is 0 Å². The molecule has 0 radical (unpaired) electrons. The number of nitrogens with zero attached hydrogens (tertiary/aromatic N) is 6. The van der Waals surface area contributed by atoms with Crippen LogP contribution in [0.5, 0.6) is 17.2 Å². The number of tetrazole rings is 1. The van der Waals surface area contributed by atoms with E-state index in [1.807, 2.05) is 44.2 Å². The quantitative estimate of drug-likeness (QED) is 0.536. The van der Waals surface area contributed by atoms with Gasteiger partial charge in [-0.3, -0.25) is 9.69 Å². The number of ether oxygens (including phenoxy) is 3. The maximum atomic E-state index is 12.7. The van der Waals surface area contributed by atoms with Crippen molar-refractivity contribution >= 4 is 5.91 Å². The van der Waals surface area contributed by atoms with Gasteiger partial charge in [0.2, 0.25) is 12.5 Å². The van der Waals surface area contributed by atoms with Crippen molar-refractivity contribution in [1.82, 2.24) is 35.3 Å². The Morgan fingerprint density at radius 1 is 1.29 bits per heavy atom. The van der Waals surface area contributed by atoms with E-state index in [4.69, 9.17) is 14.2 Å². The van der Waals surface area contributed by atoms with Crippen LogP contribution in [0, 0.1) is 0 Å². The van der Waals surface area contributed by atoms with Gasteiger partial charge in [0.05, 0.1) is 12.8 Å². The predicted octanol–water partition coefficient (Wildman–Crippen LogP) is 1.27. The van der Waals surface area contributed by atoms with Gasteiger partial charge in [0.25, 0.3) is 5.91 Å². The average molecular weight is 480 g/mol. The average Bonchev–Trinajstić information content (AvgIpc) is 3.52. The predicted molar refractivity (Wildman–Crippen MR) is 127 cm³/mol. The summed E-state index contributed by atoms with van der Waals surface area (Å²) in [5.74, 6) is 2.40. The summed E-state index contributed by atoms with van der Waals surface area (Å²) in [6.45, 7) is 2.29. The van der Waals surface area contributed by atoms with Crippen molar-refractivity contribution in [3.8, 4) is 22.9 Å². The monoisotopic (exact) mass is 479 g/mol. The Morgan fingerprint density at radius 2 is 2.14 bits per heavy atom. The van der Waals surface area contributed by atoms with Crippen LogP contribution >= 0.6 is 0 Å². The second kappa shape index (κ2) is 9.51. The zero-order chi connectivity index (χ0) is 24.5. The van der Waals surface area contributed by atoms with Gasteiger partial charge in [-0.05, 0) is 67.8 Å². The molecule has 5 rings (SSSR count). The van der Waals surface area contributed by atoms with Crippen LogP contribution in [0.4, 0.5) is 0 Å². The zero-order valence-corrected chi connectivity index (χ0v) is 20.3. The molecule has 1 unspecified atom stereocenters. The topological polar surface area (TPSA) is 107 Å². The summed E-state index contributed by atoms with van der Waals surface area (Å²) >= 11 is 0. The lowest BCUT2D eigenvalue weighted by Gasteiger charge is -2.34. The van der Waals surface area contributed by atoms with Crippen molar-refractivity contribution in [2.45, 2.75) is 12.5 Å². The first kappa shape index (κ1) is 23.1. The number of carbonyl (C=O) groups is 1. The minimum atomic E-state index is -0.282. The molecule has 1 amide bonds. The van der Waals surface area contributed by atoms with E-state index < -0.39 is 0 Å². The molecule has 3 heterocycles. The van der Waals surface area contributed by atoms with Gasteiger partial charge in [-0.1, -0.05) is 6.07 Å². The van der Waals surface area contributed by atoms with E-state index in [-0.39, 0.29) is 18.7 Å². The third-order valence-electron chi connectivity index (χ3n) is 6.33. The fourth-order valence-corrected chi connectivity index (χ4v) is 4.58. The number of fused-ring (bicyclic) bond motifs is 2. The van der Waals surface area contributed by atoms with Crippen LogP contribution in [0.1, 0.15) is 33.4 Å². The Balaban J connectivity index is 1.52. The highest BCUT2D eigenvalue weighted by molar-refractivity contribution is 5.94. The second-order valence-corrected chi connectivity index (χ2v) is 8.91. The van der Waals surface area contributed by atoms with Crippen LogP contribution < -0.4 is 19.5 Å². The number of likely N-dealkylation sites (N-methyl/N-ethyl adjacent to an activating group) is 2. The highest BCUT2D eigenvalue weighted by atomic mass is 16.7. The number of rotatable bonds is 7. The van der Waals surface area contributed by atoms with Gasteiger partial charge in [-0.2, -0.15) is 4.68 Å². The molecular weight excluding hydrogens is 450 g/mol. The van der Waals surface area contributed by atoms with Crippen molar-refractivity contribution in [3.63, 3.8) is 0 Å². The maximum absolute atomic E-state index is 12.7. The second-order valence-electron chi connectivity index (χ2n) is 8.91. The molecular formula is C24H29N7O4. The third kappa shape index (κ3) is 4.28. The minimum Gasteiger partial charge on any atom is -0.492 e. The first-order valence-electron chi connectivity index (χ1n) is 11.5. The number of amides is 1. The highest BCUT2D eigenvalue weighted by Gasteiger charge is 2.37. The Bertz CT molecular complexity index is 1240. The van der Waals surface area contributed by atoms with E-state index in [9.17, 15) is 4.79 Å². The smallest absolute Gasteiger partial charge is 0.251 e. The summed E-state index contributed by atoms with van der Waals surface area (Å²) in [4.78, 5) is 16.9. The van der Waals surface area contributed by atoms with E-state index in [0.29, 0.717) is 40.9 Å². The molecule has 2 aromatic carbocycles. The lowest BCUT2D eigenvalue weighted by Crippen LogP contribution is -2.35. The molecule has 11 nitrogen and oxygen atoms in total. The molecule has 1 aromatic heterocycles. The largest absolute Gasteiger partial charge is 0.492 e. The fraction of sp³-hybridized carbons (Fsp3) is 0.417. The lowest BCUT2D eigenvalue weighted by atomic mass is 9.90. The SMILES string of the molecule is COc1c2c(cc3c1C(c1nnnn1-c1cccc(C(=O)NCCN(C)C)c1)N(C)CC3)OCO2. The number of aromatic nitrogens is 4. The van der Waals surface area contributed by atoms with Gasteiger partial charge in [0.15, 0.2) is 17.3 Å². The molecule has 1 N–H and O–H groups in total. The summed E-state index contributed by atoms with van der Waals surface area (Å²) in [7, 11) is 7.60. The molecule has 35 heavy (non-hydrogen) atoms. The highest BCUT2D eigenvalue weighted by Crippen LogP contribution is 2.50. The molecule has 184 valence electrons. The van der Waals surface area contributed by atoms with E-state index in [2.05, 4.69) is 25.7 Å². The third-order valence-corrected chi connectivity index (χ3v) is 6.33. The van der Waals surface area contributed by atoms with E-state index in [1.165, 1.54) is 0 Å². The number of benzene rings is 2. The molecule has 11 heteroatoms. The molecule has 0 bridgehead atoms. The van der Waals surface area contributed by atoms with E-state index in [1.54, 1.807) is 23.9 Å². The van der Waals surface area contributed by atoms with Crippen LogP contribution in [0.25, 0.3) is 5.69 Å². The zero-order valence-electron chi connectivity index (χ0n) is 20.3. The number of carbonyl (C=O) groups excluding carboxylic acids is 1. The van der Waals surface area contributed by atoms with Crippen LogP contribution in [0.15, 0.2) is 30.3 Å². The van der Waals surface area contributed by atoms with Crippen molar-refractivity contribution in [2.75, 3.05) is 54.7 Å². The Kier molecular flexibility index (Phi) is 6.27. The maximum Gasteiger partial charge on any atom is 0.251 e. The van der Waals surface area contributed by atoms with Gasteiger partial charge in [-0.15, -0.1) is 5.10 Å². The van der Waals surface area contributed by atoms with Crippen molar-refractivity contribution in [1.29, 1.82) is 0 Å². The molecule has 3 aromatic rings. The number of hydrogen-bond donors (Lipinski definition) is 1. The number of methoxy groups -OCH3 is 1. The molecule has 0 saturated carbocycles. The number of hydrogen-bond acceptors (Lipinski definition) is 9. The van der Waals surface area contributed by atoms with Crippen LogP contribution in [0.2, 0.25) is 0 Å². The normalized spacial score (nSPS) is 16.9. The standard InChI is InChI=1S/C24H29N7O4/c1-29(2)11-9-25-24(32)16-6-5-7-17(12-16)31-23(26-27-28-31)20-19-15(8-10-30(20)3)13-18-21(22(19)33-4)35-14-34-18/h5-7,12-13,20H,8-11,14H2,1-4H3,(H,25,32). The molecule has 0 spiro atoms. The van der Waals surface area contributed by atoms with E-state index in [0.717, 1.165) is 30.6 Å². The van der Waals surface area contributed by atoms with Gasteiger partial charge in [0, 0.05) is 30.8 Å². The summed E-state index contributed by atoms with van der Waals surface area (Å²) in [6.07, 6.45) is 0.833. The van der Waals surface area contributed by atoms with Crippen LogP contribution in [0.3, 0.4) is 0 Å². The molecule has 0 aliphatic carbocycles. The fourth-order valence-electron chi connectivity index (χ4n) is 4.58. The van der Waals surface area contributed by atoms with Crippen molar-refractivity contribution in [3.05, 3.63) is 52.8 Å². The lowest BCUT2D eigenvalue weighted by molar-refractivity contribution is 0.0951. The summed E-state index contributed by atoms with van der Waals surface area (Å²) in [5.41, 5.74) is 3.31. The molecule has 2 aliphatic rings. The summed E-state index contributed by atoms with van der Waals surface area (Å²) in [5, 5.41) is 15.6. The Hall–Kier alpha value is -3.70. The summed E-state index contributed by atoms with van der Waals surface area (Å²) in [6, 6.07) is 9.04. The Morgan fingerprint density at radius 3 is 2.94 bits per heavy atom. The minimum absolute atomic E-state index is 0.141. The van der Waals surface area contributed by atoms with Gasteiger partial charge < -0.3 is 24.4 Å². The van der Waals surface area contributed by atoms with Crippen molar-refractivity contribution < 1.29 is 19.0 Å². The molecule has 0 saturated heterocycles. The molecule has 1 atom stereocenters. The molecule has 2 aliphatic heterocycles. The summed E-state index contributed by atoms with van der Waals surface area (Å²) < 4.78 is 18.8.